The van der Waals surface area contributed by atoms with Gasteiger partial charge in [0, 0.05) is 11.1 Å². The lowest BCUT2D eigenvalue weighted by Gasteiger charge is -2.04. The van der Waals surface area contributed by atoms with Crippen molar-refractivity contribution in [2.24, 2.45) is 0 Å². The number of nitrogens with zero attached hydrogens (tertiary/aromatic N) is 2. The maximum absolute atomic E-state index is 9.29. The molecule has 0 aliphatic heterocycles. The van der Waals surface area contributed by atoms with Gasteiger partial charge in [-0.3, -0.25) is 0 Å². The van der Waals surface area contributed by atoms with Gasteiger partial charge in [-0.15, -0.1) is 11.3 Å². The van der Waals surface area contributed by atoms with Gasteiger partial charge in [0.05, 0.1) is 5.57 Å². The predicted molar refractivity (Wildman–Crippen MR) is 67.1 cm³/mol. The number of aromatic nitrogens is 1. The summed E-state index contributed by atoms with van der Waals surface area (Å²) in [4.78, 5) is 4.43. The molecule has 1 aliphatic carbocycles. The van der Waals surface area contributed by atoms with Crippen molar-refractivity contribution in [2.75, 3.05) is 0 Å². The molecule has 16 heavy (non-hydrogen) atoms. The highest BCUT2D eigenvalue weighted by molar-refractivity contribution is 7.10. The van der Waals surface area contributed by atoms with Crippen molar-refractivity contribution in [3.63, 3.8) is 0 Å². The van der Waals surface area contributed by atoms with Crippen LogP contribution in [0.5, 0.6) is 0 Å². The van der Waals surface area contributed by atoms with E-state index in [9.17, 15) is 5.26 Å². The van der Waals surface area contributed by atoms with Crippen molar-refractivity contribution >= 4 is 16.9 Å². The molecule has 1 aliphatic rings. The summed E-state index contributed by atoms with van der Waals surface area (Å²) in [5.41, 5.74) is 3.19. The number of nitriles is 1. The summed E-state index contributed by atoms with van der Waals surface area (Å²) in [6, 6.07) is 2.36. The minimum absolute atomic E-state index is 0.847. The first kappa shape index (κ1) is 11.3. The number of thiazole rings is 1. The van der Waals surface area contributed by atoms with Crippen LogP contribution in [0.1, 0.15) is 49.2 Å². The molecule has 1 heterocycles. The van der Waals surface area contributed by atoms with Crippen LogP contribution in [0, 0.1) is 18.3 Å². The van der Waals surface area contributed by atoms with E-state index in [0.717, 1.165) is 29.1 Å². The van der Waals surface area contributed by atoms with Crippen LogP contribution in [-0.4, -0.2) is 4.98 Å². The van der Waals surface area contributed by atoms with Gasteiger partial charge in [-0.05, 0) is 38.2 Å². The Balaban J connectivity index is 2.33. The molecule has 0 unspecified atom stereocenters. The van der Waals surface area contributed by atoms with Gasteiger partial charge >= 0.3 is 0 Å². The molecule has 84 valence electrons. The van der Waals surface area contributed by atoms with Gasteiger partial charge in [-0.25, -0.2) is 4.98 Å². The van der Waals surface area contributed by atoms with Crippen LogP contribution in [0.25, 0.3) is 5.57 Å². The van der Waals surface area contributed by atoms with Gasteiger partial charge < -0.3 is 0 Å². The van der Waals surface area contributed by atoms with E-state index in [1.165, 1.54) is 31.3 Å². The Labute approximate surface area is 101 Å². The molecular weight excluding hydrogens is 216 g/mol. The summed E-state index contributed by atoms with van der Waals surface area (Å²) < 4.78 is 0. The third-order valence-corrected chi connectivity index (χ3v) is 3.98. The Morgan fingerprint density at radius 2 is 2.00 bits per heavy atom. The van der Waals surface area contributed by atoms with E-state index in [-0.39, 0.29) is 0 Å². The fourth-order valence-corrected chi connectivity index (χ4v) is 2.99. The van der Waals surface area contributed by atoms with Crippen molar-refractivity contribution in [2.45, 2.75) is 45.4 Å². The number of hydrogen-bond acceptors (Lipinski definition) is 3. The monoisotopic (exact) mass is 232 g/mol. The van der Waals surface area contributed by atoms with Gasteiger partial charge in [-0.2, -0.15) is 5.26 Å². The van der Waals surface area contributed by atoms with Crippen LogP contribution in [0.3, 0.4) is 0 Å². The van der Waals surface area contributed by atoms with Crippen LogP contribution >= 0.6 is 11.3 Å². The molecule has 1 aromatic heterocycles. The molecule has 1 fully saturated rings. The topological polar surface area (TPSA) is 36.7 Å². The predicted octanol–water partition coefficient (Wildman–Crippen LogP) is 4.08. The zero-order chi connectivity index (χ0) is 11.4. The van der Waals surface area contributed by atoms with Crippen molar-refractivity contribution in [1.82, 2.24) is 4.98 Å². The second-order valence-corrected chi connectivity index (χ2v) is 5.16. The van der Waals surface area contributed by atoms with Crippen molar-refractivity contribution < 1.29 is 0 Å². The Bertz CT molecular complexity index is 427. The molecular formula is C13H16N2S. The van der Waals surface area contributed by atoms with Crippen LogP contribution < -0.4 is 0 Å². The summed E-state index contributed by atoms with van der Waals surface area (Å²) in [5.74, 6) is 0. The van der Waals surface area contributed by atoms with Gasteiger partial charge in [0.25, 0.3) is 0 Å². The second-order valence-electron chi connectivity index (χ2n) is 4.30. The van der Waals surface area contributed by atoms with E-state index >= 15 is 0 Å². The largest absolute Gasteiger partial charge is 0.241 e. The van der Waals surface area contributed by atoms with Gasteiger partial charge in [0.15, 0.2) is 0 Å². The van der Waals surface area contributed by atoms with Crippen LogP contribution in [0.4, 0.5) is 0 Å². The highest BCUT2D eigenvalue weighted by Gasteiger charge is 2.14. The number of aryl methyl sites for hydroxylation is 1. The number of allylic oxidation sites excluding steroid dienone is 2. The standard InChI is InChI=1S/C13H16N2S/c1-10-9-16-13(15-10)12(8-14)11-6-4-2-3-5-7-11/h9H,2-7H2,1H3. The Morgan fingerprint density at radius 1 is 1.31 bits per heavy atom. The van der Waals surface area contributed by atoms with E-state index in [1.807, 2.05) is 12.3 Å². The second kappa shape index (κ2) is 5.27. The molecule has 0 radical (unpaired) electrons. The molecule has 2 nitrogen and oxygen atoms in total. The van der Waals surface area contributed by atoms with Crippen molar-refractivity contribution in [3.05, 3.63) is 21.7 Å². The van der Waals surface area contributed by atoms with E-state index in [4.69, 9.17) is 0 Å². The molecule has 2 rings (SSSR count). The first-order valence-electron chi connectivity index (χ1n) is 5.86. The Hall–Kier alpha value is -1.14. The number of hydrogen-bond donors (Lipinski definition) is 0. The van der Waals surface area contributed by atoms with Crippen LogP contribution in [0.15, 0.2) is 11.0 Å². The van der Waals surface area contributed by atoms with Crippen molar-refractivity contribution in [1.29, 1.82) is 5.26 Å². The quantitative estimate of drug-likeness (QED) is 0.540. The lowest BCUT2D eigenvalue weighted by Crippen LogP contribution is -1.90. The summed E-state index contributed by atoms with van der Waals surface area (Å²) >= 11 is 1.59. The molecule has 1 saturated carbocycles. The summed E-state index contributed by atoms with van der Waals surface area (Å²) in [7, 11) is 0. The lowest BCUT2D eigenvalue weighted by molar-refractivity contribution is 0.702. The zero-order valence-electron chi connectivity index (χ0n) is 9.62. The summed E-state index contributed by atoms with van der Waals surface area (Å²) in [5, 5.41) is 12.2. The third-order valence-electron chi connectivity index (χ3n) is 3.01. The van der Waals surface area contributed by atoms with Crippen molar-refractivity contribution in [3.8, 4) is 6.07 Å². The van der Waals surface area contributed by atoms with Gasteiger partial charge in [0.1, 0.15) is 11.1 Å². The highest BCUT2D eigenvalue weighted by atomic mass is 32.1. The van der Waals surface area contributed by atoms with Gasteiger partial charge in [-0.1, -0.05) is 12.8 Å². The zero-order valence-corrected chi connectivity index (χ0v) is 10.4. The molecule has 0 N–H and O–H groups in total. The molecule has 0 saturated heterocycles. The lowest BCUT2D eigenvalue weighted by atomic mass is 10.0. The van der Waals surface area contributed by atoms with E-state index in [2.05, 4.69) is 11.1 Å². The average molecular weight is 232 g/mol. The Kier molecular flexibility index (Phi) is 3.74. The Morgan fingerprint density at radius 3 is 2.50 bits per heavy atom. The summed E-state index contributed by atoms with van der Waals surface area (Å²) in [6.45, 7) is 1.98. The first-order chi connectivity index (χ1) is 7.81. The molecule has 1 aromatic rings. The fourth-order valence-electron chi connectivity index (χ4n) is 2.15. The minimum atomic E-state index is 0.847. The van der Waals surface area contributed by atoms with E-state index in [1.54, 1.807) is 11.3 Å². The van der Waals surface area contributed by atoms with Crippen LogP contribution in [-0.2, 0) is 0 Å². The molecule has 0 bridgehead atoms. The fraction of sp³-hybridized carbons (Fsp3) is 0.538. The average Bonchev–Trinajstić information content (AvgIpc) is 2.55. The molecule has 0 spiro atoms. The van der Waals surface area contributed by atoms with E-state index in [0.29, 0.717) is 0 Å². The molecule has 3 heteroatoms. The maximum Gasteiger partial charge on any atom is 0.134 e. The SMILES string of the molecule is Cc1csc(C(C#N)=C2CCCCCC2)n1. The first-order valence-corrected chi connectivity index (χ1v) is 6.74. The summed E-state index contributed by atoms with van der Waals surface area (Å²) in [6.07, 6.45) is 7.23. The van der Waals surface area contributed by atoms with Crippen LogP contribution in [0.2, 0.25) is 0 Å². The molecule has 0 atom stereocenters. The highest BCUT2D eigenvalue weighted by Crippen LogP contribution is 2.30. The molecule has 0 amide bonds. The smallest absolute Gasteiger partial charge is 0.134 e. The van der Waals surface area contributed by atoms with E-state index < -0.39 is 0 Å². The normalized spacial score (nSPS) is 16.6. The molecule has 0 aromatic carbocycles. The maximum atomic E-state index is 9.29. The minimum Gasteiger partial charge on any atom is -0.241 e. The van der Waals surface area contributed by atoms with Gasteiger partial charge in [0.2, 0.25) is 0 Å². The number of rotatable bonds is 1. The third kappa shape index (κ3) is 2.51.